The van der Waals surface area contributed by atoms with Gasteiger partial charge in [-0.05, 0) is 103 Å². The zero-order chi connectivity index (χ0) is 47.9. The Morgan fingerprint density at radius 1 is 0.318 bits per heavy atom. The minimum absolute atomic E-state index is 0.131. The number of allylic oxidation sites excluding steroid dienone is 20. The molecule has 0 aliphatic rings. The van der Waals surface area contributed by atoms with Gasteiger partial charge in [0.25, 0.3) is 0 Å². The first-order valence-corrected chi connectivity index (χ1v) is 26.5. The molecule has 0 aliphatic carbocycles. The Morgan fingerprint density at radius 2 is 0.621 bits per heavy atom. The molecule has 0 amide bonds. The number of carbonyl (C=O) groups excluding carboxylic acids is 3. The smallest absolute Gasteiger partial charge is 0.306 e. The van der Waals surface area contributed by atoms with Crippen molar-refractivity contribution in [3.05, 3.63) is 122 Å². The monoisotopic (exact) mass is 913 g/mol. The highest BCUT2D eigenvalue weighted by Gasteiger charge is 2.19. The van der Waals surface area contributed by atoms with E-state index in [2.05, 4.69) is 124 Å². The van der Waals surface area contributed by atoms with Crippen molar-refractivity contribution in [1.82, 2.24) is 0 Å². The maximum Gasteiger partial charge on any atom is 0.306 e. The number of esters is 3. The van der Waals surface area contributed by atoms with E-state index in [1.165, 1.54) is 77.0 Å². The van der Waals surface area contributed by atoms with Crippen LogP contribution in [0.4, 0.5) is 0 Å². The molecule has 6 nitrogen and oxygen atoms in total. The summed E-state index contributed by atoms with van der Waals surface area (Å²) in [7, 11) is 0. The lowest BCUT2D eigenvalue weighted by Gasteiger charge is -2.18. The van der Waals surface area contributed by atoms with Gasteiger partial charge in [-0.25, -0.2) is 0 Å². The molecule has 0 aromatic carbocycles. The van der Waals surface area contributed by atoms with E-state index in [-0.39, 0.29) is 38.0 Å². The summed E-state index contributed by atoms with van der Waals surface area (Å²) in [5.74, 6) is -1.10. The van der Waals surface area contributed by atoms with Crippen LogP contribution in [0.25, 0.3) is 0 Å². The van der Waals surface area contributed by atoms with Crippen molar-refractivity contribution in [2.75, 3.05) is 13.2 Å². The predicted octanol–water partition coefficient (Wildman–Crippen LogP) is 17.7. The molecule has 1 unspecified atom stereocenters. The van der Waals surface area contributed by atoms with E-state index in [0.29, 0.717) is 19.3 Å². The molecule has 0 spiro atoms. The second kappa shape index (κ2) is 53.4. The van der Waals surface area contributed by atoms with E-state index in [1.807, 2.05) is 18.2 Å². The Morgan fingerprint density at radius 3 is 1.02 bits per heavy atom. The Balaban J connectivity index is 4.54. The summed E-state index contributed by atoms with van der Waals surface area (Å²) in [6.07, 6.45) is 73.5. The van der Waals surface area contributed by atoms with Crippen LogP contribution in [-0.4, -0.2) is 37.2 Å². The van der Waals surface area contributed by atoms with Crippen molar-refractivity contribution in [2.24, 2.45) is 0 Å². The number of hydrogen-bond acceptors (Lipinski definition) is 6. The number of carbonyl (C=O) groups is 3. The highest BCUT2D eigenvalue weighted by atomic mass is 16.6. The second-order valence-electron chi connectivity index (χ2n) is 17.0. The van der Waals surface area contributed by atoms with Gasteiger partial charge in [-0.1, -0.05) is 219 Å². The fourth-order valence-electron chi connectivity index (χ4n) is 6.79. The molecular weight excluding hydrogens is 817 g/mol. The SMILES string of the molecule is CC/C=C\C/C=C\C/C=C\C/C=C\C/C=C\CCC(=O)OC(COC(=O)CC/C=C\C/C=C\CCCCCCCC)COC(=O)CCCCCCCCCCC/C=C\C/C=C\C/C=C\CC. The van der Waals surface area contributed by atoms with Gasteiger partial charge in [-0.2, -0.15) is 0 Å². The number of hydrogen-bond donors (Lipinski definition) is 0. The van der Waals surface area contributed by atoms with Crippen molar-refractivity contribution >= 4 is 17.9 Å². The third kappa shape index (κ3) is 50.8. The molecule has 6 heteroatoms. The van der Waals surface area contributed by atoms with Crippen LogP contribution in [-0.2, 0) is 28.6 Å². The van der Waals surface area contributed by atoms with E-state index in [4.69, 9.17) is 14.2 Å². The molecule has 0 rings (SSSR count). The van der Waals surface area contributed by atoms with E-state index < -0.39 is 12.1 Å². The molecule has 1 atom stereocenters. The minimum atomic E-state index is -0.845. The van der Waals surface area contributed by atoms with Gasteiger partial charge in [-0.3, -0.25) is 14.4 Å². The maximum absolute atomic E-state index is 12.8. The third-order valence-corrected chi connectivity index (χ3v) is 10.7. The van der Waals surface area contributed by atoms with Crippen LogP contribution in [0.5, 0.6) is 0 Å². The van der Waals surface area contributed by atoms with E-state index >= 15 is 0 Å². The molecule has 372 valence electrons. The summed E-state index contributed by atoms with van der Waals surface area (Å²) in [6.45, 7) is 6.27. The van der Waals surface area contributed by atoms with Crippen LogP contribution in [0.2, 0.25) is 0 Å². The van der Waals surface area contributed by atoms with Gasteiger partial charge in [0.05, 0.1) is 0 Å². The first-order valence-electron chi connectivity index (χ1n) is 26.5. The van der Waals surface area contributed by atoms with Gasteiger partial charge in [0.1, 0.15) is 13.2 Å². The van der Waals surface area contributed by atoms with Crippen LogP contribution in [0.15, 0.2) is 122 Å². The Kier molecular flexibility index (Phi) is 50.0. The first-order chi connectivity index (χ1) is 32.5. The largest absolute Gasteiger partial charge is 0.462 e. The van der Waals surface area contributed by atoms with Gasteiger partial charge in [0, 0.05) is 19.3 Å². The molecule has 0 saturated heterocycles. The van der Waals surface area contributed by atoms with Gasteiger partial charge in [-0.15, -0.1) is 0 Å². The van der Waals surface area contributed by atoms with E-state index in [9.17, 15) is 14.4 Å². The summed E-state index contributed by atoms with van der Waals surface area (Å²) in [6, 6.07) is 0. The molecular formula is C60H96O6. The molecule has 0 bridgehead atoms. The lowest BCUT2D eigenvalue weighted by atomic mass is 10.1. The summed E-state index contributed by atoms with van der Waals surface area (Å²) < 4.78 is 16.7. The molecule has 0 N–H and O–H groups in total. The molecule has 66 heavy (non-hydrogen) atoms. The van der Waals surface area contributed by atoms with Crippen LogP contribution in [0.1, 0.15) is 220 Å². The van der Waals surface area contributed by atoms with Gasteiger partial charge in [0.2, 0.25) is 0 Å². The highest BCUT2D eigenvalue weighted by molar-refractivity contribution is 5.71. The molecule has 0 fully saturated rings. The van der Waals surface area contributed by atoms with Gasteiger partial charge < -0.3 is 14.2 Å². The number of unbranched alkanes of at least 4 members (excludes halogenated alkanes) is 15. The van der Waals surface area contributed by atoms with E-state index in [1.54, 1.807) is 0 Å². The average molecular weight is 913 g/mol. The van der Waals surface area contributed by atoms with Crippen LogP contribution < -0.4 is 0 Å². The number of ether oxygens (including phenoxy) is 3. The van der Waals surface area contributed by atoms with Crippen LogP contribution in [0, 0.1) is 0 Å². The fourth-order valence-corrected chi connectivity index (χ4v) is 6.79. The van der Waals surface area contributed by atoms with E-state index in [0.717, 1.165) is 89.9 Å². The third-order valence-electron chi connectivity index (χ3n) is 10.7. The fraction of sp³-hybridized carbons (Fsp3) is 0.617. The first kappa shape index (κ1) is 61.8. The predicted molar refractivity (Wildman–Crippen MR) is 283 cm³/mol. The zero-order valence-electron chi connectivity index (χ0n) is 42.4. The summed E-state index contributed by atoms with van der Waals surface area (Å²) >= 11 is 0. The molecule has 0 heterocycles. The quantitative estimate of drug-likeness (QED) is 0.0262. The van der Waals surface area contributed by atoms with Crippen molar-refractivity contribution in [1.29, 1.82) is 0 Å². The summed E-state index contributed by atoms with van der Waals surface area (Å²) in [5, 5.41) is 0. The normalized spacial score (nSPS) is 13.1. The Labute approximate surface area is 405 Å². The number of rotatable bonds is 46. The molecule has 0 radical (unpaired) electrons. The Hall–Kier alpha value is -4.19. The van der Waals surface area contributed by atoms with Crippen LogP contribution >= 0.6 is 0 Å². The van der Waals surface area contributed by atoms with Crippen molar-refractivity contribution in [3.63, 3.8) is 0 Å². The van der Waals surface area contributed by atoms with Crippen molar-refractivity contribution in [3.8, 4) is 0 Å². The summed E-state index contributed by atoms with van der Waals surface area (Å²) in [5.41, 5.74) is 0. The van der Waals surface area contributed by atoms with Crippen LogP contribution in [0.3, 0.4) is 0 Å². The maximum atomic E-state index is 12.8. The standard InChI is InChI=1S/C60H96O6/c1-4-7-10-13-16-19-22-25-27-29-30-31-33-35-38-41-44-47-50-53-59(62)65-56-57(55-64-58(61)52-49-46-43-40-37-34-24-21-18-15-12-9-6-3)66-60(63)54-51-48-45-42-39-36-32-28-26-23-20-17-14-11-8-5-2/h7-8,10-11,16-17,19-20,25-28,34,36-37,39,43,45-46,48,57H,4-6,9,12-15,18,21-24,29-33,35,38,40-42,44,47,49-56H2,1-3H3/b10-7-,11-8-,19-16-,20-17-,27-25-,28-26-,37-34-,39-36-,46-43-,48-45-. The molecule has 0 aromatic rings. The Bertz CT molecular complexity index is 1420. The lowest BCUT2D eigenvalue weighted by Crippen LogP contribution is -2.30. The van der Waals surface area contributed by atoms with Gasteiger partial charge >= 0.3 is 17.9 Å². The average Bonchev–Trinajstić information content (AvgIpc) is 3.31. The lowest BCUT2D eigenvalue weighted by molar-refractivity contribution is -0.166. The van der Waals surface area contributed by atoms with Crippen molar-refractivity contribution < 1.29 is 28.6 Å². The zero-order valence-corrected chi connectivity index (χ0v) is 42.4. The highest BCUT2D eigenvalue weighted by Crippen LogP contribution is 2.13. The molecule has 0 saturated carbocycles. The minimum Gasteiger partial charge on any atom is -0.462 e. The van der Waals surface area contributed by atoms with Gasteiger partial charge in [0.15, 0.2) is 6.10 Å². The molecule has 0 aliphatic heterocycles. The summed E-state index contributed by atoms with van der Waals surface area (Å²) in [4.78, 5) is 38.0. The second-order valence-corrected chi connectivity index (χ2v) is 17.0. The van der Waals surface area contributed by atoms with Crippen molar-refractivity contribution in [2.45, 2.75) is 226 Å². The molecule has 0 aromatic heterocycles. The topological polar surface area (TPSA) is 78.9 Å².